The van der Waals surface area contributed by atoms with E-state index in [2.05, 4.69) is 28.6 Å². The highest BCUT2D eigenvalue weighted by Crippen LogP contribution is 2.25. The molecule has 0 N–H and O–H groups in total. The lowest BCUT2D eigenvalue weighted by molar-refractivity contribution is 0.612. The van der Waals surface area contributed by atoms with Gasteiger partial charge in [-0.05, 0) is 18.2 Å². The minimum absolute atomic E-state index is 0.712. The van der Waals surface area contributed by atoms with Crippen molar-refractivity contribution in [2.75, 3.05) is 0 Å². The first-order chi connectivity index (χ1) is 5.81. The van der Waals surface area contributed by atoms with Gasteiger partial charge in [0, 0.05) is 21.2 Å². The highest BCUT2D eigenvalue weighted by atomic mass is 79.9. The fourth-order valence-electron chi connectivity index (χ4n) is 1.18. The number of hydrogen-bond donors (Lipinski definition) is 1. The summed E-state index contributed by atoms with van der Waals surface area (Å²) in [4.78, 5) is 0. The summed E-state index contributed by atoms with van der Waals surface area (Å²) in [6.45, 7) is 0. The van der Waals surface area contributed by atoms with E-state index < -0.39 is 0 Å². The Kier molecular flexibility index (Phi) is 2.15. The highest BCUT2D eigenvalue weighted by Gasteiger charge is 2.03. The number of halogens is 1. The van der Waals surface area contributed by atoms with E-state index in [9.17, 15) is 0 Å². The van der Waals surface area contributed by atoms with Gasteiger partial charge in [0.25, 0.3) is 0 Å². The molecule has 0 saturated heterocycles. The average Bonchev–Trinajstić information content (AvgIpc) is 2.46. The Hall–Kier alpha value is -0.410. The van der Waals surface area contributed by atoms with Gasteiger partial charge < -0.3 is 4.42 Å². The monoisotopic (exact) mass is 242 g/mol. The van der Waals surface area contributed by atoms with E-state index in [-0.39, 0.29) is 0 Å². The molecule has 0 radical (unpaired) electrons. The van der Waals surface area contributed by atoms with Crippen LogP contribution in [-0.4, -0.2) is 0 Å². The van der Waals surface area contributed by atoms with Gasteiger partial charge in [0.1, 0.15) is 5.58 Å². The molecule has 3 heteroatoms. The summed E-state index contributed by atoms with van der Waals surface area (Å²) in [5, 5.41) is 1.14. The van der Waals surface area contributed by atoms with Crippen molar-refractivity contribution in [1.29, 1.82) is 0 Å². The van der Waals surface area contributed by atoms with Gasteiger partial charge in [0.15, 0.2) is 0 Å². The lowest BCUT2D eigenvalue weighted by atomic mass is 10.2. The van der Waals surface area contributed by atoms with Crippen molar-refractivity contribution in [3.8, 4) is 0 Å². The summed E-state index contributed by atoms with van der Waals surface area (Å²) in [5.74, 6) is 0.712. The Morgan fingerprint density at radius 2 is 2.25 bits per heavy atom. The Balaban J connectivity index is 2.75. The number of fused-ring (bicyclic) bond motifs is 1. The molecule has 0 atom stereocenters. The molecule has 0 amide bonds. The van der Waals surface area contributed by atoms with Gasteiger partial charge in [0.2, 0.25) is 0 Å². The van der Waals surface area contributed by atoms with Crippen LogP contribution in [0, 0.1) is 0 Å². The first-order valence-electron chi connectivity index (χ1n) is 3.58. The van der Waals surface area contributed by atoms with E-state index in [0.29, 0.717) is 5.75 Å². The largest absolute Gasteiger partial charge is 0.464 e. The van der Waals surface area contributed by atoms with Gasteiger partial charge in [-0.1, -0.05) is 15.9 Å². The predicted molar refractivity (Wildman–Crippen MR) is 56.6 cm³/mol. The lowest BCUT2D eigenvalue weighted by Crippen LogP contribution is -1.72. The molecular weight excluding hydrogens is 236 g/mol. The van der Waals surface area contributed by atoms with Gasteiger partial charge in [0.05, 0.1) is 6.26 Å². The number of thiol groups is 1. The second-order valence-corrected chi connectivity index (χ2v) is 3.79. The third-order valence-corrected chi connectivity index (χ3v) is 2.62. The summed E-state index contributed by atoms with van der Waals surface area (Å²) in [6.07, 6.45) is 1.75. The zero-order chi connectivity index (χ0) is 8.55. The molecule has 0 fully saturated rings. The summed E-state index contributed by atoms with van der Waals surface area (Å²) >= 11 is 7.62. The maximum Gasteiger partial charge on any atom is 0.134 e. The molecule has 0 spiro atoms. The highest BCUT2D eigenvalue weighted by molar-refractivity contribution is 9.10. The molecule has 1 heterocycles. The zero-order valence-corrected chi connectivity index (χ0v) is 8.73. The van der Waals surface area contributed by atoms with E-state index in [1.54, 1.807) is 6.26 Å². The summed E-state index contributed by atoms with van der Waals surface area (Å²) in [7, 11) is 0. The van der Waals surface area contributed by atoms with Crippen LogP contribution in [0.5, 0.6) is 0 Å². The molecule has 0 aliphatic heterocycles. The van der Waals surface area contributed by atoms with Crippen LogP contribution in [0.15, 0.2) is 33.4 Å². The molecule has 1 nitrogen and oxygen atoms in total. The topological polar surface area (TPSA) is 13.1 Å². The van der Waals surface area contributed by atoms with E-state index in [0.717, 1.165) is 21.0 Å². The smallest absolute Gasteiger partial charge is 0.134 e. The molecule has 12 heavy (non-hydrogen) atoms. The predicted octanol–water partition coefficient (Wildman–Crippen LogP) is 3.63. The third kappa shape index (κ3) is 1.27. The maximum absolute atomic E-state index is 5.33. The first kappa shape index (κ1) is 8.20. The SMILES string of the molecule is SCc1coc2ccc(Br)cc12. The summed E-state index contributed by atoms with van der Waals surface area (Å²) in [5.41, 5.74) is 2.05. The molecular formula is C9H7BrOS. The zero-order valence-electron chi connectivity index (χ0n) is 6.25. The Morgan fingerprint density at radius 3 is 3.00 bits per heavy atom. The van der Waals surface area contributed by atoms with Gasteiger partial charge >= 0.3 is 0 Å². The number of rotatable bonds is 1. The summed E-state index contributed by atoms with van der Waals surface area (Å²) in [6, 6.07) is 5.96. The van der Waals surface area contributed by atoms with E-state index in [4.69, 9.17) is 4.42 Å². The van der Waals surface area contributed by atoms with E-state index in [1.807, 2.05) is 18.2 Å². The van der Waals surface area contributed by atoms with Crippen LogP contribution in [-0.2, 0) is 5.75 Å². The van der Waals surface area contributed by atoms with E-state index >= 15 is 0 Å². The fourth-order valence-corrected chi connectivity index (χ4v) is 1.78. The normalized spacial score (nSPS) is 10.8. The average molecular weight is 243 g/mol. The number of furan rings is 1. The van der Waals surface area contributed by atoms with Crippen molar-refractivity contribution in [2.45, 2.75) is 5.75 Å². The van der Waals surface area contributed by atoms with E-state index in [1.165, 1.54) is 0 Å². The molecule has 0 unspecified atom stereocenters. The fraction of sp³-hybridized carbons (Fsp3) is 0.111. The van der Waals surface area contributed by atoms with Crippen molar-refractivity contribution in [2.24, 2.45) is 0 Å². The van der Waals surface area contributed by atoms with Crippen LogP contribution in [0.4, 0.5) is 0 Å². The molecule has 62 valence electrons. The summed E-state index contributed by atoms with van der Waals surface area (Å²) < 4.78 is 6.39. The van der Waals surface area contributed by atoms with Gasteiger partial charge in [-0.15, -0.1) is 0 Å². The molecule has 1 aromatic heterocycles. The Labute approximate surface area is 84.3 Å². The number of benzene rings is 1. The van der Waals surface area contributed by atoms with Crippen molar-refractivity contribution in [3.05, 3.63) is 34.5 Å². The van der Waals surface area contributed by atoms with Crippen molar-refractivity contribution >= 4 is 39.5 Å². The molecule has 2 aromatic rings. The molecule has 0 bridgehead atoms. The van der Waals surface area contributed by atoms with Crippen LogP contribution in [0.1, 0.15) is 5.56 Å². The third-order valence-electron chi connectivity index (χ3n) is 1.79. The second-order valence-electron chi connectivity index (χ2n) is 2.56. The van der Waals surface area contributed by atoms with Crippen molar-refractivity contribution < 1.29 is 4.42 Å². The molecule has 1 aromatic carbocycles. The van der Waals surface area contributed by atoms with Gasteiger partial charge in [-0.2, -0.15) is 12.6 Å². The molecule has 0 aliphatic carbocycles. The molecule has 0 saturated carbocycles. The first-order valence-corrected chi connectivity index (χ1v) is 5.00. The van der Waals surface area contributed by atoms with Crippen LogP contribution in [0.2, 0.25) is 0 Å². The van der Waals surface area contributed by atoms with Gasteiger partial charge in [-0.25, -0.2) is 0 Å². The second kappa shape index (κ2) is 3.15. The minimum Gasteiger partial charge on any atom is -0.464 e. The Morgan fingerprint density at radius 1 is 1.42 bits per heavy atom. The van der Waals surface area contributed by atoms with Crippen molar-refractivity contribution in [1.82, 2.24) is 0 Å². The van der Waals surface area contributed by atoms with Crippen LogP contribution in [0.3, 0.4) is 0 Å². The quantitative estimate of drug-likeness (QED) is 0.755. The van der Waals surface area contributed by atoms with Crippen LogP contribution >= 0.6 is 28.6 Å². The maximum atomic E-state index is 5.33. The Bertz CT molecular complexity index is 408. The van der Waals surface area contributed by atoms with Gasteiger partial charge in [-0.3, -0.25) is 0 Å². The number of hydrogen-bond acceptors (Lipinski definition) is 2. The van der Waals surface area contributed by atoms with Crippen LogP contribution < -0.4 is 0 Å². The minimum atomic E-state index is 0.712. The van der Waals surface area contributed by atoms with Crippen molar-refractivity contribution in [3.63, 3.8) is 0 Å². The standard InChI is InChI=1S/C9H7BrOS/c10-7-1-2-9-8(3-7)6(5-12)4-11-9/h1-4,12H,5H2. The molecule has 2 rings (SSSR count). The molecule has 0 aliphatic rings. The lowest BCUT2D eigenvalue weighted by Gasteiger charge is -1.91. The van der Waals surface area contributed by atoms with Crippen LogP contribution in [0.25, 0.3) is 11.0 Å².